The van der Waals surface area contributed by atoms with E-state index in [2.05, 4.69) is 5.32 Å². The number of nitrogens with one attached hydrogen (secondary N) is 1. The fraction of sp³-hybridized carbons (Fsp3) is 1.00. The molecule has 0 saturated carbocycles. The van der Waals surface area contributed by atoms with Crippen LogP contribution in [0.4, 0.5) is 0 Å². The molecule has 0 rings (SSSR count). The molecule has 0 aliphatic carbocycles. The van der Waals surface area contributed by atoms with E-state index in [4.69, 9.17) is 19.7 Å². The molecule has 0 bridgehead atoms. The molecule has 0 spiro atoms. The zero-order valence-corrected chi connectivity index (χ0v) is 11.7. The van der Waals surface area contributed by atoms with Gasteiger partial charge in [-0.2, -0.15) is 0 Å². The van der Waals surface area contributed by atoms with Crippen molar-refractivity contribution in [3.8, 4) is 0 Å². The Balaban J connectivity index is 3.59. The van der Waals surface area contributed by atoms with Crippen molar-refractivity contribution in [3.63, 3.8) is 0 Å². The van der Waals surface area contributed by atoms with E-state index in [1.54, 1.807) is 14.2 Å². The van der Waals surface area contributed by atoms with Crippen LogP contribution in [0.15, 0.2) is 0 Å². The van der Waals surface area contributed by atoms with Crippen molar-refractivity contribution in [1.29, 1.82) is 0 Å². The van der Waals surface area contributed by atoms with Crippen LogP contribution in [-0.4, -0.2) is 53.6 Å². The summed E-state index contributed by atoms with van der Waals surface area (Å²) in [6.45, 7) is 3.70. The molecule has 16 heavy (non-hydrogen) atoms. The lowest BCUT2D eigenvalue weighted by molar-refractivity contribution is 0.247. The fourth-order valence-electron chi connectivity index (χ4n) is 1.37. The topological polar surface area (TPSA) is 76.7 Å². The molecule has 0 heterocycles. The first-order chi connectivity index (χ1) is 7.58. The summed E-state index contributed by atoms with van der Waals surface area (Å²) < 4.78 is 10.8. The fourth-order valence-corrected chi connectivity index (χ4v) is 2.84. The van der Waals surface area contributed by atoms with E-state index in [1.807, 2.05) is 6.55 Å². The van der Waals surface area contributed by atoms with Gasteiger partial charge in [0.1, 0.15) is 0 Å². The lowest BCUT2D eigenvalue weighted by Crippen LogP contribution is -2.38. The third kappa shape index (κ3) is 7.32. The van der Waals surface area contributed by atoms with Crippen molar-refractivity contribution in [3.05, 3.63) is 0 Å². The van der Waals surface area contributed by atoms with E-state index in [9.17, 15) is 0 Å². The van der Waals surface area contributed by atoms with Gasteiger partial charge in [0.05, 0.1) is 6.61 Å². The highest BCUT2D eigenvalue weighted by atomic mass is 28.4. The van der Waals surface area contributed by atoms with Crippen LogP contribution in [-0.2, 0) is 8.85 Å². The van der Waals surface area contributed by atoms with Gasteiger partial charge in [-0.3, -0.25) is 0 Å². The van der Waals surface area contributed by atoms with Crippen molar-refractivity contribution in [2.24, 2.45) is 5.73 Å². The van der Waals surface area contributed by atoms with Gasteiger partial charge in [-0.25, -0.2) is 0 Å². The Hall–Kier alpha value is 0.0169. The molecule has 1 atom stereocenters. The maximum atomic E-state index is 8.58. The van der Waals surface area contributed by atoms with Gasteiger partial charge in [0, 0.05) is 26.8 Å². The van der Waals surface area contributed by atoms with Crippen LogP contribution in [0.5, 0.6) is 0 Å². The van der Waals surface area contributed by atoms with Crippen LogP contribution in [0.25, 0.3) is 0 Å². The lowest BCUT2D eigenvalue weighted by Gasteiger charge is -2.24. The Bertz CT molecular complexity index is 168. The first kappa shape index (κ1) is 16.0. The number of aliphatic hydroxyl groups excluding tert-OH is 1. The second kappa shape index (κ2) is 9.09. The highest BCUT2D eigenvalue weighted by Gasteiger charge is 2.28. The number of nitrogens with two attached hydrogens (primary N) is 1. The molecule has 6 heteroatoms. The maximum absolute atomic E-state index is 8.58. The Labute approximate surface area is 99.6 Å². The number of rotatable bonds is 10. The largest absolute Gasteiger partial charge is 0.398 e. The third-order valence-corrected chi connectivity index (χ3v) is 5.74. The maximum Gasteiger partial charge on any atom is 0.334 e. The second-order valence-electron chi connectivity index (χ2n) is 4.10. The molecular formula is C10H26N2O3Si. The Morgan fingerprint density at radius 2 is 1.88 bits per heavy atom. The molecule has 0 fully saturated rings. The van der Waals surface area contributed by atoms with Gasteiger partial charge >= 0.3 is 8.56 Å². The Morgan fingerprint density at radius 3 is 2.38 bits per heavy atom. The van der Waals surface area contributed by atoms with Crippen LogP contribution in [0.1, 0.15) is 12.8 Å². The summed E-state index contributed by atoms with van der Waals surface area (Å²) >= 11 is 0. The molecule has 4 N–H and O–H groups in total. The van der Waals surface area contributed by atoms with Crippen LogP contribution < -0.4 is 11.1 Å². The van der Waals surface area contributed by atoms with E-state index in [0.29, 0.717) is 6.54 Å². The van der Waals surface area contributed by atoms with Gasteiger partial charge < -0.3 is 25.0 Å². The highest BCUT2D eigenvalue weighted by Crippen LogP contribution is 2.15. The molecule has 98 valence electrons. The Morgan fingerprint density at radius 1 is 1.25 bits per heavy atom. The van der Waals surface area contributed by atoms with Gasteiger partial charge in [-0.1, -0.05) is 0 Å². The minimum atomic E-state index is -1.95. The van der Waals surface area contributed by atoms with E-state index in [-0.39, 0.29) is 12.6 Å². The monoisotopic (exact) mass is 250 g/mol. The van der Waals surface area contributed by atoms with Crippen molar-refractivity contribution in [2.75, 3.05) is 33.9 Å². The predicted octanol–water partition coefficient (Wildman–Crippen LogP) is 0.0406. The molecule has 0 aromatic rings. The summed E-state index contributed by atoms with van der Waals surface area (Å²) in [6.07, 6.45) is 1.84. The van der Waals surface area contributed by atoms with E-state index >= 15 is 0 Å². The van der Waals surface area contributed by atoms with Gasteiger partial charge in [0.15, 0.2) is 0 Å². The average molecular weight is 250 g/mol. The highest BCUT2D eigenvalue weighted by molar-refractivity contribution is 6.65. The average Bonchev–Trinajstić information content (AvgIpc) is 2.31. The molecule has 0 aromatic carbocycles. The molecule has 0 radical (unpaired) electrons. The number of hydrogen-bond donors (Lipinski definition) is 3. The number of hydrogen-bond acceptors (Lipinski definition) is 5. The molecule has 0 aliphatic rings. The molecule has 0 amide bonds. The first-order valence-corrected chi connectivity index (χ1v) is 8.28. The van der Waals surface area contributed by atoms with Gasteiger partial charge in [-0.15, -0.1) is 0 Å². The van der Waals surface area contributed by atoms with Crippen molar-refractivity contribution >= 4 is 8.56 Å². The van der Waals surface area contributed by atoms with Crippen LogP contribution in [0.2, 0.25) is 12.6 Å². The van der Waals surface area contributed by atoms with Crippen LogP contribution >= 0.6 is 0 Å². The standard InChI is InChI=1S/C10H26N2O3Si/c1-14-16(3,15-2)9-5-10(11)4-6-12-7-8-13/h10,12-13H,4-9,11H2,1-3H3. The van der Waals surface area contributed by atoms with Gasteiger partial charge in [0.2, 0.25) is 0 Å². The molecule has 1 unspecified atom stereocenters. The van der Waals surface area contributed by atoms with Crippen molar-refractivity contribution in [2.45, 2.75) is 31.5 Å². The van der Waals surface area contributed by atoms with Crippen molar-refractivity contribution in [1.82, 2.24) is 5.32 Å². The third-order valence-electron chi connectivity index (χ3n) is 2.81. The second-order valence-corrected chi connectivity index (χ2v) is 7.69. The SMILES string of the molecule is CO[Si](C)(CCC(N)CCNCCO)OC. The van der Waals surface area contributed by atoms with E-state index < -0.39 is 8.56 Å². The molecule has 0 saturated heterocycles. The predicted molar refractivity (Wildman–Crippen MR) is 67.6 cm³/mol. The number of aliphatic hydroxyl groups is 1. The van der Waals surface area contributed by atoms with Gasteiger partial charge in [-0.05, 0) is 32.0 Å². The normalized spacial score (nSPS) is 14.1. The summed E-state index contributed by atoms with van der Waals surface area (Å²) in [6, 6.07) is 1.09. The van der Waals surface area contributed by atoms with Crippen molar-refractivity contribution < 1.29 is 14.0 Å². The smallest absolute Gasteiger partial charge is 0.334 e. The molecule has 0 aliphatic heterocycles. The van der Waals surface area contributed by atoms with Gasteiger partial charge in [0.25, 0.3) is 0 Å². The lowest BCUT2D eigenvalue weighted by atomic mass is 10.2. The minimum Gasteiger partial charge on any atom is -0.398 e. The summed E-state index contributed by atoms with van der Waals surface area (Å²) in [5.74, 6) is 0. The summed E-state index contributed by atoms with van der Waals surface area (Å²) in [7, 11) is 1.44. The zero-order valence-electron chi connectivity index (χ0n) is 10.7. The first-order valence-electron chi connectivity index (χ1n) is 5.75. The Kier molecular flexibility index (Phi) is 9.10. The van der Waals surface area contributed by atoms with Crippen LogP contribution in [0, 0.1) is 0 Å². The van der Waals surface area contributed by atoms with E-state index in [1.165, 1.54) is 0 Å². The zero-order chi connectivity index (χ0) is 12.4. The van der Waals surface area contributed by atoms with Crippen LogP contribution in [0.3, 0.4) is 0 Å². The molecular weight excluding hydrogens is 224 g/mol. The summed E-state index contributed by atoms with van der Waals surface area (Å²) in [5, 5.41) is 11.7. The quantitative estimate of drug-likeness (QED) is 0.377. The minimum absolute atomic E-state index is 0.170. The summed E-state index contributed by atoms with van der Waals surface area (Å²) in [5.41, 5.74) is 5.98. The van der Waals surface area contributed by atoms with E-state index in [0.717, 1.165) is 25.4 Å². The summed E-state index contributed by atoms with van der Waals surface area (Å²) in [4.78, 5) is 0. The molecule has 5 nitrogen and oxygen atoms in total. The molecule has 0 aromatic heterocycles.